The first-order valence-electron chi connectivity index (χ1n) is 5.90. The molecule has 0 fully saturated rings. The van der Waals surface area contributed by atoms with Gasteiger partial charge < -0.3 is 4.98 Å². The highest BCUT2D eigenvalue weighted by molar-refractivity contribution is 9.10. The van der Waals surface area contributed by atoms with E-state index in [1.165, 1.54) is 5.39 Å². The van der Waals surface area contributed by atoms with Crippen LogP contribution in [0, 0.1) is 0 Å². The fourth-order valence-corrected chi connectivity index (χ4v) is 2.64. The molecular weight excluding hydrogens is 304 g/mol. The molecule has 1 aromatic carbocycles. The molecule has 0 aliphatic heterocycles. The van der Waals surface area contributed by atoms with Crippen molar-refractivity contribution in [3.05, 3.63) is 53.4 Å². The van der Waals surface area contributed by atoms with Crippen LogP contribution in [0.3, 0.4) is 0 Å². The van der Waals surface area contributed by atoms with Crippen molar-refractivity contribution in [1.29, 1.82) is 0 Å². The summed E-state index contributed by atoms with van der Waals surface area (Å²) in [5.74, 6) is 0. The van der Waals surface area contributed by atoms with Crippen molar-refractivity contribution in [2.45, 2.75) is 0 Å². The van der Waals surface area contributed by atoms with Gasteiger partial charge in [-0.25, -0.2) is 9.50 Å². The van der Waals surface area contributed by atoms with Gasteiger partial charge in [0, 0.05) is 22.7 Å². The third-order valence-corrected chi connectivity index (χ3v) is 3.73. The summed E-state index contributed by atoms with van der Waals surface area (Å²) in [4.78, 5) is 7.52. The molecule has 0 bridgehead atoms. The number of hydrogen-bond donors (Lipinski definition) is 1. The number of benzene rings is 1. The van der Waals surface area contributed by atoms with Crippen LogP contribution >= 0.6 is 15.9 Å². The van der Waals surface area contributed by atoms with Crippen molar-refractivity contribution in [3.8, 4) is 11.3 Å². The molecule has 19 heavy (non-hydrogen) atoms. The van der Waals surface area contributed by atoms with Gasteiger partial charge in [0.1, 0.15) is 4.60 Å². The molecule has 0 amide bonds. The molecule has 0 saturated carbocycles. The zero-order chi connectivity index (χ0) is 12.8. The first-order chi connectivity index (χ1) is 9.33. The topological polar surface area (TPSA) is 46.0 Å². The fraction of sp³-hybridized carbons (Fsp3) is 0. The normalized spacial score (nSPS) is 11.4. The van der Waals surface area contributed by atoms with Gasteiger partial charge in [-0.05, 0) is 34.1 Å². The number of imidazole rings is 1. The molecule has 4 rings (SSSR count). The predicted octanol–water partition coefficient (Wildman–Crippen LogP) is 3.64. The summed E-state index contributed by atoms with van der Waals surface area (Å²) in [5, 5.41) is 5.79. The van der Waals surface area contributed by atoms with Gasteiger partial charge in [0.05, 0.1) is 11.9 Å². The molecule has 0 radical (unpaired) electrons. The zero-order valence-corrected chi connectivity index (χ0v) is 11.4. The Morgan fingerprint density at radius 2 is 2.00 bits per heavy atom. The van der Waals surface area contributed by atoms with Crippen LogP contribution in [0.15, 0.2) is 53.4 Å². The summed E-state index contributed by atoms with van der Waals surface area (Å²) in [7, 11) is 0. The van der Waals surface area contributed by atoms with Crippen LogP contribution in [0.5, 0.6) is 0 Å². The lowest BCUT2D eigenvalue weighted by Gasteiger charge is -2.00. The van der Waals surface area contributed by atoms with Gasteiger partial charge in [-0.1, -0.05) is 18.2 Å². The number of nitrogens with zero attached hydrogens (tertiary/aromatic N) is 3. The minimum absolute atomic E-state index is 0.829. The smallest absolute Gasteiger partial charge is 0.154 e. The highest BCUT2D eigenvalue weighted by atomic mass is 79.9. The van der Waals surface area contributed by atoms with E-state index in [0.717, 1.165) is 27.0 Å². The van der Waals surface area contributed by atoms with Gasteiger partial charge in [0.15, 0.2) is 5.65 Å². The number of aromatic amines is 1. The van der Waals surface area contributed by atoms with Gasteiger partial charge in [-0.2, -0.15) is 5.10 Å². The van der Waals surface area contributed by atoms with E-state index in [-0.39, 0.29) is 0 Å². The van der Waals surface area contributed by atoms with Crippen LogP contribution in [0.2, 0.25) is 0 Å². The Bertz CT molecular complexity index is 891. The number of nitrogens with one attached hydrogen (secondary N) is 1. The van der Waals surface area contributed by atoms with Crippen LogP contribution in [-0.4, -0.2) is 19.6 Å². The van der Waals surface area contributed by atoms with E-state index in [2.05, 4.69) is 43.1 Å². The lowest BCUT2D eigenvalue weighted by Crippen LogP contribution is -1.94. The monoisotopic (exact) mass is 312 g/mol. The summed E-state index contributed by atoms with van der Waals surface area (Å²) in [6.45, 7) is 0. The molecule has 0 aliphatic carbocycles. The molecule has 92 valence electrons. The quantitative estimate of drug-likeness (QED) is 0.583. The maximum Gasteiger partial charge on any atom is 0.154 e. The van der Waals surface area contributed by atoms with E-state index in [1.54, 1.807) is 10.7 Å². The van der Waals surface area contributed by atoms with Crippen molar-refractivity contribution in [2.75, 3.05) is 0 Å². The van der Waals surface area contributed by atoms with Gasteiger partial charge in [-0.15, -0.1) is 0 Å². The Labute approximate surface area is 117 Å². The lowest BCUT2D eigenvalue weighted by molar-refractivity contribution is 0.923. The van der Waals surface area contributed by atoms with E-state index in [4.69, 9.17) is 0 Å². The maximum absolute atomic E-state index is 4.61. The second-order valence-electron chi connectivity index (χ2n) is 4.32. The van der Waals surface area contributed by atoms with Crippen LogP contribution in [0.1, 0.15) is 0 Å². The Hall–Kier alpha value is -2.14. The Kier molecular flexibility index (Phi) is 2.22. The molecule has 4 aromatic rings. The average Bonchev–Trinajstić information content (AvgIpc) is 3.03. The highest BCUT2D eigenvalue weighted by Gasteiger charge is 2.09. The molecule has 5 heteroatoms. The van der Waals surface area contributed by atoms with Crippen molar-refractivity contribution in [1.82, 2.24) is 19.6 Å². The Morgan fingerprint density at radius 1 is 1.11 bits per heavy atom. The first kappa shape index (κ1) is 10.8. The SMILES string of the molecule is Brc1cnc2ccc(-c3c[nH]c4ccccc34)nn12. The highest BCUT2D eigenvalue weighted by Crippen LogP contribution is 2.27. The van der Waals surface area contributed by atoms with E-state index in [0.29, 0.717) is 0 Å². The Morgan fingerprint density at radius 3 is 2.95 bits per heavy atom. The molecule has 0 atom stereocenters. The van der Waals surface area contributed by atoms with E-state index in [1.807, 2.05) is 30.5 Å². The number of hydrogen-bond acceptors (Lipinski definition) is 2. The molecule has 4 nitrogen and oxygen atoms in total. The summed E-state index contributed by atoms with van der Waals surface area (Å²) in [6, 6.07) is 12.2. The lowest BCUT2D eigenvalue weighted by atomic mass is 10.1. The molecule has 3 heterocycles. The molecule has 0 unspecified atom stereocenters. The summed E-state index contributed by atoms with van der Waals surface area (Å²) in [6.07, 6.45) is 3.74. The standard InChI is InChI=1S/C14H9BrN4/c15-13-8-17-14-6-5-12(18-19(13)14)10-7-16-11-4-2-1-3-9(10)11/h1-8,16H. The average molecular weight is 313 g/mol. The van der Waals surface area contributed by atoms with Crippen molar-refractivity contribution in [2.24, 2.45) is 0 Å². The van der Waals surface area contributed by atoms with Crippen molar-refractivity contribution in [3.63, 3.8) is 0 Å². The summed E-state index contributed by atoms with van der Waals surface area (Å²) in [5.41, 5.74) is 3.96. The number of aromatic nitrogens is 4. The number of fused-ring (bicyclic) bond motifs is 2. The Balaban J connectivity index is 2.01. The maximum atomic E-state index is 4.61. The van der Waals surface area contributed by atoms with Crippen LogP contribution in [0.4, 0.5) is 0 Å². The van der Waals surface area contributed by atoms with Crippen molar-refractivity contribution < 1.29 is 0 Å². The number of halogens is 1. The van der Waals surface area contributed by atoms with E-state index >= 15 is 0 Å². The minimum atomic E-state index is 0.829. The van der Waals surface area contributed by atoms with Gasteiger partial charge in [-0.3, -0.25) is 0 Å². The van der Waals surface area contributed by atoms with Crippen molar-refractivity contribution >= 4 is 32.5 Å². The summed E-state index contributed by atoms with van der Waals surface area (Å²) < 4.78 is 2.64. The molecular formula is C14H9BrN4. The molecule has 1 N–H and O–H groups in total. The summed E-state index contributed by atoms with van der Waals surface area (Å²) >= 11 is 3.44. The van der Waals surface area contributed by atoms with E-state index in [9.17, 15) is 0 Å². The van der Waals surface area contributed by atoms with Crippen LogP contribution in [-0.2, 0) is 0 Å². The number of para-hydroxylation sites is 1. The minimum Gasteiger partial charge on any atom is -0.360 e. The van der Waals surface area contributed by atoms with Gasteiger partial charge in [0.2, 0.25) is 0 Å². The molecule has 0 spiro atoms. The van der Waals surface area contributed by atoms with Crippen LogP contribution in [0.25, 0.3) is 27.8 Å². The largest absolute Gasteiger partial charge is 0.360 e. The third kappa shape index (κ3) is 1.58. The molecule has 3 aromatic heterocycles. The zero-order valence-electron chi connectivity index (χ0n) is 9.84. The third-order valence-electron chi connectivity index (χ3n) is 3.19. The fourth-order valence-electron chi connectivity index (χ4n) is 2.27. The predicted molar refractivity (Wildman–Crippen MR) is 78.0 cm³/mol. The number of rotatable bonds is 1. The van der Waals surface area contributed by atoms with Gasteiger partial charge in [0.25, 0.3) is 0 Å². The second kappa shape index (κ2) is 3.93. The second-order valence-corrected chi connectivity index (χ2v) is 5.13. The number of H-pyrrole nitrogens is 1. The van der Waals surface area contributed by atoms with Crippen LogP contribution < -0.4 is 0 Å². The molecule has 0 aliphatic rings. The molecule has 0 saturated heterocycles. The van der Waals surface area contributed by atoms with E-state index < -0.39 is 0 Å². The van der Waals surface area contributed by atoms with Gasteiger partial charge >= 0.3 is 0 Å². The first-order valence-corrected chi connectivity index (χ1v) is 6.69.